The summed E-state index contributed by atoms with van der Waals surface area (Å²) in [5.41, 5.74) is 7.00. The van der Waals surface area contributed by atoms with Gasteiger partial charge in [-0.1, -0.05) is 15.9 Å². The molecule has 0 bridgehead atoms. The summed E-state index contributed by atoms with van der Waals surface area (Å²) in [6.45, 7) is 4.50. The van der Waals surface area contributed by atoms with E-state index in [4.69, 9.17) is 11.0 Å². The first kappa shape index (κ1) is 12.0. The van der Waals surface area contributed by atoms with Gasteiger partial charge in [-0.2, -0.15) is 5.26 Å². The van der Waals surface area contributed by atoms with Crippen molar-refractivity contribution in [2.45, 2.75) is 19.4 Å². The van der Waals surface area contributed by atoms with Crippen LogP contribution in [-0.4, -0.2) is 12.1 Å². The van der Waals surface area contributed by atoms with E-state index in [2.05, 4.69) is 27.3 Å². The SMILES string of the molecule is CC(C)(N)CNc1ccc(Br)cc1C#N. The summed E-state index contributed by atoms with van der Waals surface area (Å²) in [6.07, 6.45) is 0. The van der Waals surface area contributed by atoms with Gasteiger partial charge in [0.25, 0.3) is 0 Å². The van der Waals surface area contributed by atoms with Crippen LogP contribution in [0.2, 0.25) is 0 Å². The molecular formula is C11H14BrN3. The number of nitrogens with zero attached hydrogens (tertiary/aromatic N) is 1. The van der Waals surface area contributed by atoms with Crippen molar-refractivity contribution in [1.29, 1.82) is 5.26 Å². The Kier molecular flexibility index (Phi) is 3.72. The number of anilines is 1. The molecular weight excluding hydrogens is 254 g/mol. The molecule has 3 N–H and O–H groups in total. The van der Waals surface area contributed by atoms with Crippen LogP contribution in [0.3, 0.4) is 0 Å². The van der Waals surface area contributed by atoms with Crippen LogP contribution in [0.5, 0.6) is 0 Å². The first-order valence-corrected chi connectivity index (χ1v) is 5.44. The molecule has 1 rings (SSSR count). The van der Waals surface area contributed by atoms with Crippen LogP contribution < -0.4 is 11.1 Å². The van der Waals surface area contributed by atoms with Crippen molar-refractivity contribution in [2.75, 3.05) is 11.9 Å². The van der Waals surface area contributed by atoms with Crippen molar-refractivity contribution in [1.82, 2.24) is 0 Å². The molecule has 0 heterocycles. The Bertz CT molecular complexity index is 388. The van der Waals surface area contributed by atoms with Crippen LogP contribution in [0.1, 0.15) is 19.4 Å². The van der Waals surface area contributed by atoms with Crippen LogP contribution in [0, 0.1) is 11.3 Å². The maximum atomic E-state index is 8.93. The Hall–Kier alpha value is -1.05. The molecule has 0 aliphatic heterocycles. The minimum Gasteiger partial charge on any atom is -0.382 e. The number of nitrogens with two attached hydrogens (primary N) is 1. The predicted octanol–water partition coefficient (Wildman–Crippen LogP) is 2.47. The zero-order valence-corrected chi connectivity index (χ0v) is 10.4. The van der Waals surface area contributed by atoms with Crippen molar-refractivity contribution in [3.05, 3.63) is 28.2 Å². The summed E-state index contributed by atoms with van der Waals surface area (Å²) >= 11 is 3.32. The first-order chi connectivity index (χ1) is 6.92. The average molecular weight is 268 g/mol. The standard InChI is InChI=1S/C11H14BrN3/c1-11(2,14)7-15-10-4-3-9(12)5-8(10)6-13/h3-5,15H,7,14H2,1-2H3. The van der Waals surface area contributed by atoms with Crippen molar-refractivity contribution >= 4 is 21.6 Å². The van der Waals surface area contributed by atoms with Gasteiger partial charge in [-0.25, -0.2) is 0 Å². The summed E-state index contributed by atoms with van der Waals surface area (Å²) in [5, 5.41) is 12.1. The van der Waals surface area contributed by atoms with Crippen molar-refractivity contribution in [3.8, 4) is 6.07 Å². The van der Waals surface area contributed by atoms with Crippen LogP contribution in [0.25, 0.3) is 0 Å². The molecule has 0 aliphatic carbocycles. The maximum Gasteiger partial charge on any atom is 0.101 e. The second-order valence-corrected chi connectivity index (χ2v) is 5.06. The zero-order valence-electron chi connectivity index (χ0n) is 8.84. The molecule has 0 amide bonds. The predicted molar refractivity (Wildman–Crippen MR) is 65.6 cm³/mol. The van der Waals surface area contributed by atoms with Gasteiger partial charge < -0.3 is 11.1 Å². The maximum absolute atomic E-state index is 8.93. The van der Waals surface area contributed by atoms with Crippen LogP contribution >= 0.6 is 15.9 Å². The highest BCUT2D eigenvalue weighted by molar-refractivity contribution is 9.10. The fraction of sp³-hybridized carbons (Fsp3) is 0.364. The molecule has 0 aliphatic rings. The van der Waals surface area contributed by atoms with E-state index in [-0.39, 0.29) is 5.54 Å². The van der Waals surface area contributed by atoms with Gasteiger partial charge in [-0.15, -0.1) is 0 Å². The molecule has 0 atom stereocenters. The molecule has 3 nitrogen and oxygen atoms in total. The third kappa shape index (κ3) is 3.90. The lowest BCUT2D eigenvalue weighted by molar-refractivity contribution is 0.549. The summed E-state index contributed by atoms with van der Waals surface area (Å²) in [4.78, 5) is 0. The fourth-order valence-electron chi connectivity index (χ4n) is 1.09. The van der Waals surface area contributed by atoms with E-state index in [1.807, 2.05) is 26.0 Å². The normalized spacial score (nSPS) is 10.9. The van der Waals surface area contributed by atoms with E-state index < -0.39 is 0 Å². The Labute approximate surface area is 98.4 Å². The van der Waals surface area contributed by atoms with Gasteiger partial charge >= 0.3 is 0 Å². The van der Waals surface area contributed by atoms with E-state index in [0.717, 1.165) is 10.2 Å². The largest absolute Gasteiger partial charge is 0.382 e. The summed E-state index contributed by atoms with van der Waals surface area (Å²) < 4.78 is 0.900. The number of hydrogen-bond donors (Lipinski definition) is 2. The number of nitriles is 1. The molecule has 4 heteroatoms. The lowest BCUT2D eigenvalue weighted by atomic mass is 10.1. The minimum absolute atomic E-state index is 0.292. The van der Waals surface area contributed by atoms with E-state index >= 15 is 0 Å². The topological polar surface area (TPSA) is 61.8 Å². The minimum atomic E-state index is -0.292. The molecule has 0 saturated carbocycles. The van der Waals surface area contributed by atoms with E-state index in [1.54, 1.807) is 6.07 Å². The molecule has 1 aromatic carbocycles. The Morgan fingerprint density at radius 3 is 2.73 bits per heavy atom. The second-order valence-electron chi connectivity index (χ2n) is 4.14. The fourth-order valence-corrected chi connectivity index (χ4v) is 1.45. The van der Waals surface area contributed by atoms with Crippen molar-refractivity contribution < 1.29 is 0 Å². The molecule has 0 spiro atoms. The monoisotopic (exact) mass is 267 g/mol. The Balaban J connectivity index is 2.82. The number of halogens is 1. The highest BCUT2D eigenvalue weighted by Crippen LogP contribution is 2.20. The molecule has 1 aromatic rings. The molecule has 0 fully saturated rings. The van der Waals surface area contributed by atoms with Gasteiger partial charge in [0.2, 0.25) is 0 Å². The quantitative estimate of drug-likeness (QED) is 0.885. The van der Waals surface area contributed by atoms with Crippen LogP contribution in [0.4, 0.5) is 5.69 Å². The van der Waals surface area contributed by atoms with Gasteiger partial charge in [-0.05, 0) is 32.0 Å². The van der Waals surface area contributed by atoms with Crippen LogP contribution in [0.15, 0.2) is 22.7 Å². The van der Waals surface area contributed by atoms with Crippen LogP contribution in [-0.2, 0) is 0 Å². The smallest absolute Gasteiger partial charge is 0.101 e. The van der Waals surface area contributed by atoms with E-state index in [9.17, 15) is 0 Å². The lowest BCUT2D eigenvalue weighted by Crippen LogP contribution is -2.39. The highest BCUT2D eigenvalue weighted by atomic mass is 79.9. The summed E-state index contributed by atoms with van der Waals surface area (Å²) in [6, 6.07) is 7.69. The first-order valence-electron chi connectivity index (χ1n) is 4.65. The third-order valence-corrected chi connectivity index (χ3v) is 2.33. The van der Waals surface area contributed by atoms with Gasteiger partial charge in [0, 0.05) is 16.6 Å². The molecule has 80 valence electrons. The van der Waals surface area contributed by atoms with Gasteiger partial charge in [0.05, 0.1) is 11.3 Å². The lowest BCUT2D eigenvalue weighted by Gasteiger charge is -2.20. The van der Waals surface area contributed by atoms with E-state index in [0.29, 0.717) is 12.1 Å². The molecule has 0 radical (unpaired) electrons. The number of hydrogen-bond acceptors (Lipinski definition) is 3. The number of rotatable bonds is 3. The summed E-state index contributed by atoms with van der Waals surface area (Å²) in [7, 11) is 0. The highest BCUT2D eigenvalue weighted by Gasteiger charge is 2.11. The Morgan fingerprint density at radius 2 is 2.20 bits per heavy atom. The number of nitrogens with one attached hydrogen (secondary N) is 1. The third-order valence-electron chi connectivity index (χ3n) is 1.84. The molecule has 0 unspecified atom stereocenters. The van der Waals surface area contributed by atoms with Gasteiger partial charge in [0.1, 0.15) is 6.07 Å². The zero-order chi connectivity index (χ0) is 11.5. The van der Waals surface area contributed by atoms with Crippen molar-refractivity contribution in [2.24, 2.45) is 5.73 Å². The average Bonchev–Trinajstić information content (AvgIpc) is 2.14. The Morgan fingerprint density at radius 1 is 1.53 bits per heavy atom. The van der Waals surface area contributed by atoms with E-state index in [1.165, 1.54) is 0 Å². The van der Waals surface area contributed by atoms with Crippen molar-refractivity contribution in [3.63, 3.8) is 0 Å². The van der Waals surface area contributed by atoms with Gasteiger partial charge in [-0.3, -0.25) is 0 Å². The molecule has 0 aromatic heterocycles. The molecule has 0 saturated heterocycles. The number of benzene rings is 1. The molecule has 15 heavy (non-hydrogen) atoms. The van der Waals surface area contributed by atoms with Gasteiger partial charge in [0.15, 0.2) is 0 Å². The second kappa shape index (κ2) is 4.65. The summed E-state index contributed by atoms with van der Waals surface area (Å²) in [5.74, 6) is 0.